The Labute approximate surface area is 335 Å². The van der Waals surface area contributed by atoms with Gasteiger partial charge in [0.2, 0.25) is 0 Å². The molecule has 262 valence electrons. The van der Waals surface area contributed by atoms with Crippen LogP contribution in [0.25, 0.3) is 110 Å². The molecule has 0 saturated heterocycles. The molecule has 0 N–H and O–H groups in total. The topological polar surface area (TPSA) is 51.8 Å². The maximum atomic E-state index is 9.66. The van der Waals surface area contributed by atoms with Crippen LogP contribution in [0.2, 0.25) is 0 Å². The zero-order valence-corrected chi connectivity index (χ0v) is 30.4. The highest BCUT2D eigenvalue weighted by Gasteiger charge is 2.18. The van der Waals surface area contributed by atoms with Crippen LogP contribution in [0.15, 0.2) is 192 Å². The Morgan fingerprint density at radius 3 is 1.64 bits per heavy atom. The number of thiophene rings is 1. The van der Waals surface area contributed by atoms with Crippen LogP contribution in [0.1, 0.15) is 8.22 Å². The van der Waals surface area contributed by atoms with Crippen molar-refractivity contribution in [2.75, 3.05) is 0 Å². The van der Waals surface area contributed by atoms with E-state index in [1.54, 1.807) is 0 Å². The van der Waals surface area contributed by atoms with Crippen molar-refractivity contribution in [3.8, 4) is 67.5 Å². The van der Waals surface area contributed by atoms with Gasteiger partial charge in [0.25, 0.3) is 0 Å². The Hall–Kier alpha value is -7.21. The van der Waals surface area contributed by atoms with Crippen LogP contribution in [0.3, 0.4) is 0 Å². The van der Waals surface area contributed by atoms with Crippen molar-refractivity contribution in [2.24, 2.45) is 0 Å². The average molecular weight is 740 g/mol. The lowest BCUT2D eigenvalue weighted by atomic mass is 9.99. The third kappa shape index (κ3) is 5.65. The molecule has 0 fully saturated rings. The summed E-state index contributed by atoms with van der Waals surface area (Å²) in [7, 11) is 0. The maximum Gasteiger partial charge on any atom is 0.167 e. The molecule has 3 heterocycles. The summed E-state index contributed by atoms with van der Waals surface area (Å²) in [6, 6.07) is 48.0. The van der Waals surface area contributed by atoms with Gasteiger partial charge in [0, 0.05) is 42.1 Å². The highest BCUT2D eigenvalue weighted by Crippen LogP contribution is 2.40. The van der Waals surface area contributed by atoms with Crippen molar-refractivity contribution in [1.29, 1.82) is 0 Å². The van der Waals surface area contributed by atoms with Crippen molar-refractivity contribution in [1.82, 2.24) is 15.0 Å². The number of rotatable bonds is 6. The number of hydrogen-bond donors (Lipinski definition) is 0. The van der Waals surface area contributed by atoms with E-state index in [0.29, 0.717) is 43.1 Å². The molecule has 0 atom stereocenters. The Balaban J connectivity index is 1.11. The quantitative estimate of drug-likeness (QED) is 0.170. The number of nitrogens with zero attached hydrogens (tertiary/aromatic N) is 3. The lowest BCUT2D eigenvalue weighted by Crippen LogP contribution is -2.00. The third-order valence-corrected chi connectivity index (χ3v) is 11.1. The van der Waals surface area contributed by atoms with Gasteiger partial charge in [0.15, 0.2) is 17.5 Å². The maximum absolute atomic E-state index is 9.66. The molecular weight excluding hydrogens is 703 g/mol. The van der Waals surface area contributed by atoms with Crippen molar-refractivity contribution >= 4 is 53.4 Å². The first-order valence-corrected chi connectivity index (χ1v) is 19.0. The van der Waals surface area contributed by atoms with E-state index in [0.717, 1.165) is 44.4 Å². The van der Waals surface area contributed by atoms with Gasteiger partial charge in [-0.15, -0.1) is 11.3 Å². The highest BCUT2D eigenvalue weighted by atomic mass is 32.1. The van der Waals surface area contributed by atoms with Crippen molar-refractivity contribution in [2.45, 2.75) is 0 Å². The van der Waals surface area contributed by atoms with E-state index in [2.05, 4.69) is 0 Å². The third-order valence-electron chi connectivity index (χ3n) is 10.0. The normalized spacial score (nSPS) is 13.1. The molecule has 8 aromatic carbocycles. The molecule has 0 amide bonds. The first-order chi connectivity index (χ1) is 30.2. The summed E-state index contributed by atoms with van der Waals surface area (Å²) in [6.07, 6.45) is 0. The fourth-order valence-electron chi connectivity index (χ4n) is 7.21. The predicted molar refractivity (Wildman–Crippen MR) is 233 cm³/mol. The van der Waals surface area contributed by atoms with Gasteiger partial charge in [-0.25, -0.2) is 15.0 Å². The minimum atomic E-state index is -0.290. The molecule has 4 nitrogen and oxygen atoms in total. The molecule has 3 aromatic heterocycles. The smallest absolute Gasteiger partial charge is 0.167 e. The van der Waals surface area contributed by atoms with E-state index >= 15 is 0 Å². The zero-order chi connectivity index (χ0) is 42.2. The number of para-hydroxylation sites is 2. The molecule has 11 aromatic rings. The fraction of sp³-hybridized carbons (Fsp3) is 0. The lowest BCUT2D eigenvalue weighted by Gasteiger charge is -2.10. The molecule has 0 unspecified atom stereocenters. The Kier molecular flexibility index (Phi) is 6.29. The van der Waals surface area contributed by atoms with Crippen LogP contribution in [0, 0.1) is 0 Å². The van der Waals surface area contributed by atoms with Crippen molar-refractivity contribution in [3.05, 3.63) is 188 Å². The molecule has 0 spiro atoms. The second-order valence-electron chi connectivity index (χ2n) is 13.5. The van der Waals surface area contributed by atoms with Crippen LogP contribution in [0.5, 0.6) is 0 Å². The van der Waals surface area contributed by atoms with E-state index in [9.17, 15) is 5.48 Å². The Bertz CT molecular complexity index is 3570. The van der Waals surface area contributed by atoms with Gasteiger partial charge in [0.1, 0.15) is 11.2 Å². The standard InChI is InChI=1S/C51H31N3OS/c1-3-10-32(11-4-1)34-18-20-36(21-19-34)38-27-29-46-44(30-38)41-28-26-39(31-47(41)56-46)50-52-49(37-24-22-35(23-25-37)33-12-5-2-6-13-33)53-51(54-50)43-16-9-15-42-40-14-7-8-17-45(40)55-48(42)43/h1-31H/i26D,27D,28D,29D,30D,31D. The highest BCUT2D eigenvalue weighted by molar-refractivity contribution is 7.25. The fourth-order valence-corrected chi connectivity index (χ4v) is 8.18. The van der Waals surface area contributed by atoms with Crippen LogP contribution in [-0.2, 0) is 0 Å². The summed E-state index contributed by atoms with van der Waals surface area (Å²) in [5.41, 5.74) is 7.52. The number of aromatic nitrogens is 3. The largest absolute Gasteiger partial charge is 0.455 e. The lowest BCUT2D eigenvalue weighted by molar-refractivity contribution is 0.669. The molecule has 0 radical (unpaired) electrons. The monoisotopic (exact) mass is 739 g/mol. The summed E-state index contributed by atoms with van der Waals surface area (Å²) < 4.78 is 63.3. The molecule has 5 heteroatoms. The number of benzene rings is 8. The molecular formula is C51H31N3OS. The number of hydrogen-bond acceptors (Lipinski definition) is 5. The number of fused-ring (bicyclic) bond motifs is 6. The molecule has 0 aliphatic carbocycles. The summed E-state index contributed by atoms with van der Waals surface area (Å²) in [6.45, 7) is 0. The molecule has 0 bridgehead atoms. The molecule has 0 saturated carbocycles. The van der Waals surface area contributed by atoms with Gasteiger partial charge < -0.3 is 4.42 Å². The van der Waals surface area contributed by atoms with Gasteiger partial charge >= 0.3 is 0 Å². The summed E-state index contributed by atoms with van der Waals surface area (Å²) in [5, 5.41) is 2.33. The van der Waals surface area contributed by atoms with Crippen LogP contribution in [-0.4, -0.2) is 15.0 Å². The second-order valence-corrected chi connectivity index (χ2v) is 14.5. The summed E-state index contributed by atoms with van der Waals surface area (Å²) in [4.78, 5) is 14.8. The molecule has 0 aliphatic rings. The van der Waals surface area contributed by atoms with Gasteiger partial charge in [-0.2, -0.15) is 0 Å². The molecule has 0 aliphatic heterocycles. The van der Waals surface area contributed by atoms with E-state index in [1.807, 2.05) is 152 Å². The minimum absolute atomic E-state index is 0.0255. The Morgan fingerprint density at radius 1 is 0.375 bits per heavy atom. The van der Waals surface area contributed by atoms with E-state index in [-0.39, 0.29) is 69.8 Å². The van der Waals surface area contributed by atoms with E-state index in [1.165, 1.54) is 0 Å². The minimum Gasteiger partial charge on any atom is -0.455 e. The van der Waals surface area contributed by atoms with Crippen molar-refractivity contribution in [3.63, 3.8) is 0 Å². The first-order valence-electron chi connectivity index (χ1n) is 21.2. The zero-order valence-electron chi connectivity index (χ0n) is 35.6. The predicted octanol–water partition coefficient (Wildman–Crippen LogP) is 14.1. The van der Waals surface area contributed by atoms with Crippen molar-refractivity contribution < 1.29 is 12.6 Å². The molecule has 11 rings (SSSR count). The van der Waals surface area contributed by atoms with Gasteiger partial charge in [-0.1, -0.05) is 158 Å². The summed E-state index contributed by atoms with van der Waals surface area (Å²) >= 11 is 1.08. The summed E-state index contributed by atoms with van der Waals surface area (Å²) in [5.74, 6) is 0.612. The van der Waals surface area contributed by atoms with Gasteiger partial charge in [0.05, 0.1) is 13.8 Å². The first kappa shape index (κ1) is 26.5. The van der Waals surface area contributed by atoms with Gasteiger partial charge in [-0.05, 0) is 63.6 Å². The van der Waals surface area contributed by atoms with Crippen LogP contribution in [0.4, 0.5) is 0 Å². The van der Waals surface area contributed by atoms with Gasteiger partial charge in [-0.3, -0.25) is 0 Å². The SMILES string of the molecule is [2H]c1c(-c2ccc(-c3ccccc3)cc2)c([2H])c2c(sc3c([2H])c(-c4nc(-c5ccc(-c6ccccc6)cc5)nc(-c5cccc6c5oc5ccccc56)n4)c([2H])c([2H])c32)c1[2H]. The average Bonchev–Trinajstić information content (AvgIpc) is 3.92. The van der Waals surface area contributed by atoms with Crippen LogP contribution < -0.4 is 0 Å². The molecule has 56 heavy (non-hydrogen) atoms. The van der Waals surface area contributed by atoms with E-state index in [4.69, 9.17) is 22.1 Å². The van der Waals surface area contributed by atoms with E-state index < -0.39 is 0 Å². The van der Waals surface area contributed by atoms with Crippen LogP contribution >= 0.6 is 11.3 Å². The number of furan rings is 1. The second kappa shape index (κ2) is 13.3. The Morgan fingerprint density at radius 2 is 0.929 bits per heavy atom.